The van der Waals surface area contributed by atoms with Gasteiger partial charge in [-0.1, -0.05) is 66.7 Å². The van der Waals surface area contributed by atoms with Gasteiger partial charge >= 0.3 is 5.97 Å². The van der Waals surface area contributed by atoms with E-state index in [1.807, 2.05) is 66.0 Å². The van der Waals surface area contributed by atoms with Crippen molar-refractivity contribution >= 4 is 39.1 Å². The van der Waals surface area contributed by atoms with Gasteiger partial charge in [-0.3, -0.25) is 10.1 Å². The van der Waals surface area contributed by atoms with Crippen molar-refractivity contribution in [2.75, 3.05) is 5.32 Å². The van der Waals surface area contributed by atoms with E-state index >= 15 is 0 Å². The largest absolute Gasteiger partial charge is 0.449 e. The predicted octanol–water partition coefficient (Wildman–Crippen LogP) is 5.15. The molecule has 0 saturated heterocycles. The second-order valence-corrected chi connectivity index (χ2v) is 7.33. The van der Waals surface area contributed by atoms with Gasteiger partial charge in [0.25, 0.3) is 5.91 Å². The summed E-state index contributed by atoms with van der Waals surface area (Å²) in [5.41, 5.74) is 2.19. The molecule has 1 heterocycles. The first-order valence-electron chi connectivity index (χ1n) is 9.12. The van der Waals surface area contributed by atoms with E-state index in [9.17, 15) is 9.59 Å². The van der Waals surface area contributed by atoms with Gasteiger partial charge in [-0.2, -0.15) is 0 Å². The number of hydrogen-bond acceptors (Lipinski definition) is 5. The number of hydrogen-bond donors (Lipinski definition) is 1. The highest BCUT2D eigenvalue weighted by molar-refractivity contribution is 7.14. The summed E-state index contributed by atoms with van der Waals surface area (Å²) < 4.78 is 5.40. The quantitative estimate of drug-likeness (QED) is 0.469. The van der Waals surface area contributed by atoms with Crippen LogP contribution in [-0.2, 0) is 9.53 Å². The Hall–Kier alpha value is -3.51. The van der Waals surface area contributed by atoms with E-state index in [-0.39, 0.29) is 0 Å². The average Bonchev–Trinajstić information content (AvgIpc) is 3.22. The standard InChI is InChI=1S/C23H18N2O3S/c1-15(28-22(27)19-13-7-11-16-8-5-6-12-18(16)19)21(26)25-23-24-20(14-29-23)17-9-3-2-4-10-17/h2-15H,1H3,(H,24,25,26). The number of rotatable bonds is 5. The lowest BCUT2D eigenvalue weighted by molar-refractivity contribution is -0.123. The molecule has 4 aromatic rings. The van der Waals surface area contributed by atoms with Crippen LogP contribution in [0.5, 0.6) is 0 Å². The number of fused-ring (bicyclic) bond motifs is 1. The number of esters is 1. The van der Waals surface area contributed by atoms with E-state index < -0.39 is 18.0 Å². The molecule has 0 spiro atoms. The number of carbonyl (C=O) groups is 2. The first-order chi connectivity index (χ1) is 14.1. The molecule has 29 heavy (non-hydrogen) atoms. The Balaban J connectivity index is 1.43. The van der Waals surface area contributed by atoms with E-state index in [2.05, 4.69) is 10.3 Å². The molecule has 1 N–H and O–H groups in total. The number of ether oxygens (including phenoxy) is 1. The van der Waals surface area contributed by atoms with Crippen LogP contribution in [0, 0.1) is 0 Å². The van der Waals surface area contributed by atoms with Crippen LogP contribution in [0.2, 0.25) is 0 Å². The zero-order chi connectivity index (χ0) is 20.2. The lowest BCUT2D eigenvalue weighted by atomic mass is 10.0. The smallest absolute Gasteiger partial charge is 0.339 e. The Labute approximate surface area is 172 Å². The molecule has 1 amide bonds. The average molecular weight is 402 g/mol. The summed E-state index contributed by atoms with van der Waals surface area (Å²) in [5.74, 6) is -0.957. The van der Waals surface area contributed by atoms with Gasteiger partial charge in [-0.25, -0.2) is 9.78 Å². The maximum absolute atomic E-state index is 12.6. The van der Waals surface area contributed by atoms with Gasteiger partial charge in [0, 0.05) is 10.9 Å². The Morgan fingerprint density at radius 1 is 0.966 bits per heavy atom. The molecule has 0 saturated carbocycles. The number of benzene rings is 3. The number of thiazole rings is 1. The minimum Gasteiger partial charge on any atom is -0.449 e. The van der Waals surface area contributed by atoms with Gasteiger partial charge < -0.3 is 4.74 Å². The highest BCUT2D eigenvalue weighted by atomic mass is 32.1. The number of anilines is 1. The van der Waals surface area contributed by atoms with Crippen LogP contribution in [0.25, 0.3) is 22.0 Å². The second kappa shape index (κ2) is 8.24. The number of amides is 1. The summed E-state index contributed by atoms with van der Waals surface area (Å²) >= 11 is 1.32. The molecule has 1 atom stereocenters. The van der Waals surface area contributed by atoms with E-state index in [4.69, 9.17) is 4.74 Å². The van der Waals surface area contributed by atoms with Gasteiger partial charge in [-0.05, 0) is 23.8 Å². The lowest BCUT2D eigenvalue weighted by Gasteiger charge is -2.13. The van der Waals surface area contributed by atoms with Gasteiger partial charge in [-0.15, -0.1) is 11.3 Å². The SMILES string of the molecule is CC(OC(=O)c1cccc2ccccc12)C(=O)Nc1nc(-c2ccccc2)cs1. The van der Waals surface area contributed by atoms with Crippen LogP contribution in [0.1, 0.15) is 17.3 Å². The van der Waals surface area contributed by atoms with Crippen molar-refractivity contribution in [1.82, 2.24) is 4.98 Å². The van der Waals surface area contributed by atoms with Crippen LogP contribution in [0.3, 0.4) is 0 Å². The predicted molar refractivity (Wildman–Crippen MR) is 115 cm³/mol. The van der Waals surface area contributed by atoms with Crippen LogP contribution in [0.4, 0.5) is 5.13 Å². The minimum absolute atomic E-state index is 0.424. The number of nitrogens with zero attached hydrogens (tertiary/aromatic N) is 1. The molecule has 6 heteroatoms. The van der Waals surface area contributed by atoms with E-state index in [0.29, 0.717) is 10.7 Å². The van der Waals surface area contributed by atoms with E-state index in [0.717, 1.165) is 22.0 Å². The zero-order valence-electron chi connectivity index (χ0n) is 15.7. The molecule has 1 aromatic heterocycles. The summed E-state index contributed by atoms with van der Waals surface area (Å²) in [6, 6.07) is 22.7. The topological polar surface area (TPSA) is 68.3 Å². The van der Waals surface area contributed by atoms with Crippen molar-refractivity contribution < 1.29 is 14.3 Å². The monoisotopic (exact) mass is 402 g/mol. The fourth-order valence-corrected chi connectivity index (χ4v) is 3.68. The molecular weight excluding hydrogens is 384 g/mol. The maximum atomic E-state index is 12.6. The fraction of sp³-hybridized carbons (Fsp3) is 0.0870. The third-order valence-electron chi connectivity index (χ3n) is 4.47. The molecule has 0 aliphatic carbocycles. The number of nitrogens with one attached hydrogen (secondary N) is 1. The molecule has 0 aliphatic rings. The van der Waals surface area contributed by atoms with Gasteiger partial charge in [0.1, 0.15) is 0 Å². The highest BCUT2D eigenvalue weighted by Gasteiger charge is 2.21. The molecule has 144 valence electrons. The van der Waals surface area contributed by atoms with Crippen molar-refractivity contribution in [3.05, 3.63) is 83.7 Å². The number of carbonyl (C=O) groups excluding carboxylic acids is 2. The summed E-state index contributed by atoms with van der Waals surface area (Å²) in [6.45, 7) is 1.55. The van der Waals surface area contributed by atoms with Crippen molar-refractivity contribution in [2.45, 2.75) is 13.0 Å². The normalized spacial score (nSPS) is 11.8. The Kier molecular flexibility index (Phi) is 5.35. The summed E-state index contributed by atoms with van der Waals surface area (Å²) in [4.78, 5) is 29.5. The molecule has 0 aliphatic heterocycles. The Morgan fingerprint density at radius 3 is 2.52 bits per heavy atom. The van der Waals surface area contributed by atoms with Crippen molar-refractivity contribution in [3.63, 3.8) is 0 Å². The summed E-state index contributed by atoms with van der Waals surface area (Å²) in [7, 11) is 0. The first-order valence-corrected chi connectivity index (χ1v) is 10.0. The van der Waals surface area contributed by atoms with E-state index in [1.165, 1.54) is 11.3 Å². The van der Waals surface area contributed by atoms with Gasteiger partial charge in [0.2, 0.25) is 0 Å². The lowest BCUT2D eigenvalue weighted by Crippen LogP contribution is -2.30. The third kappa shape index (κ3) is 4.17. The number of aromatic nitrogens is 1. The fourth-order valence-electron chi connectivity index (χ4n) is 2.96. The molecule has 3 aromatic carbocycles. The molecule has 0 radical (unpaired) electrons. The van der Waals surface area contributed by atoms with Crippen molar-refractivity contribution in [3.8, 4) is 11.3 Å². The van der Waals surface area contributed by atoms with Crippen molar-refractivity contribution in [2.24, 2.45) is 0 Å². The first kappa shape index (κ1) is 18.8. The molecule has 5 nitrogen and oxygen atoms in total. The summed E-state index contributed by atoms with van der Waals surface area (Å²) in [6.07, 6.45) is -0.953. The highest BCUT2D eigenvalue weighted by Crippen LogP contribution is 2.25. The van der Waals surface area contributed by atoms with Crippen LogP contribution < -0.4 is 5.32 Å². The maximum Gasteiger partial charge on any atom is 0.339 e. The third-order valence-corrected chi connectivity index (χ3v) is 5.22. The van der Waals surface area contributed by atoms with Gasteiger partial charge in [0.05, 0.1) is 11.3 Å². The van der Waals surface area contributed by atoms with Crippen LogP contribution in [0.15, 0.2) is 78.2 Å². The van der Waals surface area contributed by atoms with E-state index in [1.54, 1.807) is 19.1 Å². The van der Waals surface area contributed by atoms with Crippen LogP contribution in [-0.4, -0.2) is 23.0 Å². The molecule has 4 rings (SSSR count). The zero-order valence-corrected chi connectivity index (χ0v) is 16.5. The Morgan fingerprint density at radius 2 is 1.69 bits per heavy atom. The van der Waals surface area contributed by atoms with Crippen molar-refractivity contribution in [1.29, 1.82) is 0 Å². The Bertz CT molecular complexity index is 1170. The molecule has 0 fully saturated rings. The second-order valence-electron chi connectivity index (χ2n) is 6.47. The minimum atomic E-state index is -0.953. The van der Waals surface area contributed by atoms with Gasteiger partial charge in [0.15, 0.2) is 11.2 Å². The van der Waals surface area contributed by atoms with Crippen LogP contribution >= 0.6 is 11.3 Å². The molecule has 0 bridgehead atoms. The summed E-state index contributed by atoms with van der Waals surface area (Å²) in [5, 5.41) is 6.78. The molecular formula is C23H18N2O3S. The molecule has 1 unspecified atom stereocenters.